The van der Waals surface area contributed by atoms with Crippen molar-refractivity contribution >= 4 is 22.1 Å². The van der Waals surface area contributed by atoms with E-state index in [-0.39, 0.29) is 0 Å². The maximum Gasteiger partial charge on any atom is 0.158 e. The molecule has 2 N–H and O–H groups in total. The van der Waals surface area contributed by atoms with E-state index in [2.05, 4.69) is 49.1 Å². The Hall–Kier alpha value is -2.70. The number of hydrogen-bond donors (Lipinski definition) is 2. The van der Waals surface area contributed by atoms with Crippen LogP contribution in [0.5, 0.6) is 0 Å². The number of nitrogens with zero attached hydrogens (tertiary/aromatic N) is 3. The quantitative estimate of drug-likeness (QED) is 0.553. The van der Waals surface area contributed by atoms with Gasteiger partial charge in [-0.3, -0.25) is 4.90 Å². The zero-order valence-corrected chi connectivity index (χ0v) is 16.3. The number of aromatic amines is 2. The average molecular weight is 375 g/mol. The highest BCUT2D eigenvalue weighted by molar-refractivity contribution is 5.94. The van der Waals surface area contributed by atoms with Gasteiger partial charge in [0.1, 0.15) is 11.3 Å². The molecule has 4 heterocycles. The van der Waals surface area contributed by atoms with Crippen molar-refractivity contribution in [1.29, 1.82) is 0 Å². The van der Waals surface area contributed by atoms with Crippen LogP contribution in [0.1, 0.15) is 24.2 Å². The molecule has 6 nitrogen and oxygen atoms in total. The van der Waals surface area contributed by atoms with Gasteiger partial charge in [-0.25, -0.2) is 9.97 Å². The van der Waals surface area contributed by atoms with Gasteiger partial charge in [0.05, 0.1) is 6.61 Å². The number of aryl methyl sites for hydroxylation is 1. The molecule has 6 heteroatoms. The van der Waals surface area contributed by atoms with Crippen molar-refractivity contribution < 1.29 is 4.74 Å². The first-order chi connectivity index (χ1) is 13.7. The van der Waals surface area contributed by atoms with Crippen LogP contribution in [0.25, 0.3) is 33.3 Å². The van der Waals surface area contributed by atoms with E-state index in [4.69, 9.17) is 4.74 Å². The summed E-state index contributed by atoms with van der Waals surface area (Å²) >= 11 is 0. The second kappa shape index (κ2) is 7.04. The van der Waals surface area contributed by atoms with Gasteiger partial charge in [-0.2, -0.15) is 0 Å². The number of pyridine rings is 1. The number of fused-ring (bicyclic) bond motifs is 2. The van der Waals surface area contributed by atoms with Crippen LogP contribution >= 0.6 is 0 Å². The molecule has 4 aromatic rings. The first-order valence-electron chi connectivity index (χ1n) is 9.87. The molecular formula is C22H25N5O. The smallest absolute Gasteiger partial charge is 0.158 e. The molecule has 28 heavy (non-hydrogen) atoms. The molecule has 1 fully saturated rings. The summed E-state index contributed by atoms with van der Waals surface area (Å²) in [6, 6.07) is 11.5. The van der Waals surface area contributed by atoms with Gasteiger partial charge >= 0.3 is 0 Å². The summed E-state index contributed by atoms with van der Waals surface area (Å²) in [6.45, 7) is 4.90. The van der Waals surface area contributed by atoms with E-state index in [9.17, 15) is 0 Å². The van der Waals surface area contributed by atoms with E-state index >= 15 is 0 Å². The third-order valence-corrected chi connectivity index (χ3v) is 5.72. The Labute approximate surface area is 163 Å². The van der Waals surface area contributed by atoms with Crippen molar-refractivity contribution in [1.82, 2.24) is 24.8 Å². The van der Waals surface area contributed by atoms with Crippen LogP contribution in [-0.4, -0.2) is 51.1 Å². The highest BCUT2D eigenvalue weighted by atomic mass is 16.5. The van der Waals surface area contributed by atoms with Crippen LogP contribution < -0.4 is 0 Å². The number of rotatable bonds is 5. The minimum Gasteiger partial charge on any atom is -0.383 e. The number of ether oxygens (including phenoxy) is 1. The van der Waals surface area contributed by atoms with Crippen molar-refractivity contribution in [3.05, 3.63) is 47.9 Å². The largest absolute Gasteiger partial charge is 0.383 e. The Morgan fingerprint density at radius 3 is 3.04 bits per heavy atom. The van der Waals surface area contributed by atoms with Crippen LogP contribution in [-0.2, 0) is 11.3 Å². The number of methoxy groups -OCH3 is 1. The van der Waals surface area contributed by atoms with Gasteiger partial charge in [-0.05, 0) is 56.1 Å². The van der Waals surface area contributed by atoms with Crippen molar-refractivity contribution in [2.24, 2.45) is 0 Å². The van der Waals surface area contributed by atoms with E-state index in [0.29, 0.717) is 6.04 Å². The molecule has 0 bridgehead atoms. The van der Waals surface area contributed by atoms with Crippen LogP contribution in [0.4, 0.5) is 0 Å². The Morgan fingerprint density at radius 2 is 2.14 bits per heavy atom. The number of H-pyrrole nitrogens is 2. The number of likely N-dealkylation sites (tertiary alicyclic amines) is 1. The Morgan fingerprint density at radius 1 is 1.21 bits per heavy atom. The zero-order chi connectivity index (χ0) is 19.1. The lowest BCUT2D eigenvalue weighted by atomic mass is 10.1. The van der Waals surface area contributed by atoms with Gasteiger partial charge in [-0.1, -0.05) is 6.07 Å². The van der Waals surface area contributed by atoms with Crippen LogP contribution in [0.15, 0.2) is 36.5 Å². The highest BCUT2D eigenvalue weighted by Gasteiger charge is 2.24. The van der Waals surface area contributed by atoms with E-state index in [0.717, 1.165) is 53.5 Å². The molecule has 0 amide bonds. The third kappa shape index (κ3) is 3.08. The Balaban J connectivity index is 1.47. The van der Waals surface area contributed by atoms with Gasteiger partial charge in [0.25, 0.3) is 0 Å². The van der Waals surface area contributed by atoms with Crippen molar-refractivity contribution in [2.45, 2.75) is 32.4 Å². The third-order valence-electron chi connectivity index (χ3n) is 5.72. The molecular weight excluding hydrogens is 350 g/mol. The number of aromatic nitrogens is 4. The van der Waals surface area contributed by atoms with Crippen molar-refractivity contribution in [3.8, 4) is 11.3 Å². The molecule has 3 aromatic heterocycles. The molecule has 144 valence electrons. The fourth-order valence-corrected chi connectivity index (χ4v) is 4.39. The summed E-state index contributed by atoms with van der Waals surface area (Å²) in [5, 5.41) is 1.23. The van der Waals surface area contributed by atoms with E-state index in [1.165, 1.54) is 23.8 Å². The van der Waals surface area contributed by atoms with Gasteiger partial charge in [0, 0.05) is 48.1 Å². The molecule has 0 aliphatic carbocycles. The Kier molecular flexibility index (Phi) is 4.37. The number of nitrogens with one attached hydrogen (secondary N) is 2. The monoisotopic (exact) mass is 375 g/mol. The maximum absolute atomic E-state index is 5.39. The Bertz CT molecular complexity index is 1130. The van der Waals surface area contributed by atoms with E-state index in [1.54, 1.807) is 7.11 Å². The number of hydrogen-bond acceptors (Lipinski definition) is 4. The van der Waals surface area contributed by atoms with Gasteiger partial charge in [0.15, 0.2) is 5.65 Å². The molecule has 0 spiro atoms. The summed E-state index contributed by atoms with van der Waals surface area (Å²) in [6.07, 6.45) is 4.31. The molecule has 1 aliphatic rings. The second-order valence-electron chi connectivity index (χ2n) is 7.70. The van der Waals surface area contributed by atoms with E-state index in [1.807, 2.05) is 19.2 Å². The van der Waals surface area contributed by atoms with E-state index < -0.39 is 0 Å². The van der Waals surface area contributed by atoms with Gasteiger partial charge in [0.2, 0.25) is 0 Å². The standard InChI is InChI=1S/C22H25N5O/c1-14-24-21-18(7-8-23-22(21)25-14)20-11-16-10-15(5-6-19(16)26-20)12-27-9-3-4-17(27)13-28-2/h5-8,10-11,17,26H,3-4,9,12-13H2,1-2H3,(H,23,24,25)/t17-/m1/s1. The second-order valence-corrected chi connectivity index (χ2v) is 7.70. The molecule has 0 unspecified atom stereocenters. The van der Waals surface area contributed by atoms with Gasteiger partial charge < -0.3 is 14.7 Å². The fourth-order valence-electron chi connectivity index (χ4n) is 4.39. The van der Waals surface area contributed by atoms with Crippen LogP contribution in [0, 0.1) is 6.92 Å². The molecule has 1 aromatic carbocycles. The average Bonchev–Trinajstić information content (AvgIpc) is 3.39. The lowest BCUT2D eigenvalue weighted by Crippen LogP contribution is -2.32. The molecule has 0 radical (unpaired) electrons. The van der Waals surface area contributed by atoms with Gasteiger partial charge in [-0.15, -0.1) is 0 Å². The zero-order valence-electron chi connectivity index (χ0n) is 16.3. The molecule has 0 saturated carbocycles. The topological polar surface area (TPSA) is 69.8 Å². The predicted molar refractivity (Wildman–Crippen MR) is 111 cm³/mol. The number of imidazole rings is 1. The SMILES string of the molecule is COC[C@H]1CCCN1Cc1ccc2[nH]c(-c3ccnc4[nH]c(C)nc34)cc2c1. The summed E-state index contributed by atoms with van der Waals surface area (Å²) in [5.41, 5.74) is 6.37. The molecule has 1 atom stereocenters. The molecule has 5 rings (SSSR count). The van der Waals surface area contributed by atoms with Crippen molar-refractivity contribution in [2.75, 3.05) is 20.3 Å². The fraction of sp³-hybridized carbons (Fsp3) is 0.364. The summed E-state index contributed by atoms with van der Waals surface area (Å²) in [4.78, 5) is 18.3. The maximum atomic E-state index is 5.39. The minimum atomic E-state index is 0.537. The number of benzene rings is 1. The minimum absolute atomic E-state index is 0.537. The lowest BCUT2D eigenvalue weighted by molar-refractivity contribution is 0.112. The van der Waals surface area contributed by atoms with Crippen molar-refractivity contribution in [3.63, 3.8) is 0 Å². The summed E-state index contributed by atoms with van der Waals surface area (Å²) < 4.78 is 5.39. The summed E-state index contributed by atoms with van der Waals surface area (Å²) in [5.74, 6) is 0.879. The lowest BCUT2D eigenvalue weighted by Gasteiger charge is -2.23. The normalized spacial score (nSPS) is 17.9. The molecule has 1 saturated heterocycles. The molecule has 1 aliphatic heterocycles. The summed E-state index contributed by atoms with van der Waals surface area (Å²) in [7, 11) is 1.79. The predicted octanol–water partition coefficient (Wildman–Crippen LogP) is 4.03. The first kappa shape index (κ1) is 17.4. The van der Waals surface area contributed by atoms with Crippen LogP contribution in [0.3, 0.4) is 0 Å². The van der Waals surface area contributed by atoms with Crippen LogP contribution in [0.2, 0.25) is 0 Å². The highest BCUT2D eigenvalue weighted by Crippen LogP contribution is 2.29. The first-order valence-corrected chi connectivity index (χ1v) is 9.87.